The maximum Gasteiger partial charge on any atom is 0.330 e. The van der Waals surface area contributed by atoms with Crippen molar-refractivity contribution in [2.24, 2.45) is 0 Å². The molecule has 0 aliphatic carbocycles. The number of aromatic amines is 1. The highest BCUT2D eigenvalue weighted by molar-refractivity contribution is 5.61. The van der Waals surface area contributed by atoms with Gasteiger partial charge >= 0.3 is 5.69 Å². The molecule has 21 heavy (non-hydrogen) atoms. The number of hydrogen-bond donors (Lipinski definition) is 6. The minimum Gasteiger partial charge on any atom is -0.394 e. The van der Waals surface area contributed by atoms with Gasteiger partial charge in [0.1, 0.15) is 17.0 Å². The van der Waals surface area contributed by atoms with Crippen LogP contribution in [0.3, 0.4) is 0 Å². The lowest BCUT2D eigenvalue weighted by atomic mass is 10.0. The minimum atomic E-state index is -1.51. The molecule has 0 atom stereocenters. The Hall–Kier alpha value is -1.84. The summed E-state index contributed by atoms with van der Waals surface area (Å²) in [7, 11) is 0. The van der Waals surface area contributed by atoms with Crippen molar-refractivity contribution < 1.29 is 15.3 Å². The molecule has 1 aromatic heterocycles. The van der Waals surface area contributed by atoms with Gasteiger partial charge in [0, 0.05) is 6.54 Å². The molecule has 0 aliphatic heterocycles. The van der Waals surface area contributed by atoms with Crippen molar-refractivity contribution in [1.82, 2.24) is 9.55 Å². The molecule has 0 amide bonds. The highest BCUT2D eigenvalue weighted by Crippen LogP contribution is 2.17. The predicted octanol–water partition coefficient (Wildman–Crippen LogP) is -1.95. The lowest BCUT2D eigenvalue weighted by Crippen LogP contribution is -2.51. The van der Waals surface area contributed by atoms with E-state index >= 15 is 0 Å². The fourth-order valence-corrected chi connectivity index (χ4v) is 1.78. The zero-order valence-corrected chi connectivity index (χ0v) is 11.9. The molecule has 1 heterocycles. The number of aromatic nitrogens is 2. The third-order valence-corrected chi connectivity index (χ3v) is 3.27. The average Bonchev–Trinajstić information content (AvgIpc) is 2.48. The standard InChI is InChI=1S/C12H22N4O5/c1-2-3-4-16-9(13)8(10(20)14-11(16)21)15-12(5-17,6-18)7-19/h15,17-19H,2-7,13H2,1H3,(H,14,20,21). The maximum absolute atomic E-state index is 11.9. The van der Waals surface area contributed by atoms with Crippen LogP contribution in [0.25, 0.3) is 0 Å². The normalized spacial score (nSPS) is 11.6. The van der Waals surface area contributed by atoms with E-state index in [0.717, 1.165) is 6.42 Å². The quantitative estimate of drug-likeness (QED) is 0.326. The summed E-state index contributed by atoms with van der Waals surface area (Å²) in [5.74, 6) is -0.100. The van der Waals surface area contributed by atoms with Gasteiger partial charge in [0.25, 0.3) is 5.56 Å². The van der Waals surface area contributed by atoms with Crippen molar-refractivity contribution in [3.8, 4) is 0 Å². The van der Waals surface area contributed by atoms with Gasteiger partial charge in [0.2, 0.25) is 0 Å². The molecule has 0 aliphatic rings. The molecule has 0 radical (unpaired) electrons. The van der Waals surface area contributed by atoms with Crippen LogP contribution in [0.5, 0.6) is 0 Å². The van der Waals surface area contributed by atoms with Crippen molar-refractivity contribution in [2.45, 2.75) is 31.8 Å². The Balaban J connectivity index is 3.30. The Morgan fingerprint density at radius 3 is 2.29 bits per heavy atom. The number of nitrogens with two attached hydrogens (primary N) is 1. The van der Waals surface area contributed by atoms with E-state index in [4.69, 9.17) is 5.73 Å². The van der Waals surface area contributed by atoms with E-state index in [0.29, 0.717) is 13.0 Å². The Morgan fingerprint density at radius 2 is 1.81 bits per heavy atom. The Labute approximate surface area is 121 Å². The van der Waals surface area contributed by atoms with Crippen LogP contribution < -0.4 is 22.3 Å². The number of anilines is 2. The first-order valence-corrected chi connectivity index (χ1v) is 6.68. The van der Waals surface area contributed by atoms with E-state index in [2.05, 4.69) is 10.3 Å². The molecular formula is C12H22N4O5. The molecule has 0 unspecified atom stereocenters. The molecule has 0 fully saturated rings. The zero-order valence-electron chi connectivity index (χ0n) is 11.9. The molecule has 0 spiro atoms. The van der Waals surface area contributed by atoms with Crippen molar-refractivity contribution in [3.05, 3.63) is 20.8 Å². The fourth-order valence-electron chi connectivity index (χ4n) is 1.78. The first-order valence-electron chi connectivity index (χ1n) is 6.68. The molecule has 0 aromatic carbocycles. The molecule has 0 saturated carbocycles. The van der Waals surface area contributed by atoms with Crippen molar-refractivity contribution in [2.75, 3.05) is 30.9 Å². The average molecular weight is 302 g/mol. The summed E-state index contributed by atoms with van der Waals surface area (Å²) in [4.78, 5) is 25.7. The summed E-state index contributed by atoms with van der Waals surface area (Å²) >= 11 is 0. The van der Waals surface area contributed by atoms with Crippen LogP contribution in [-0.4, -0.2) is 50.2 Å². The number of nitrogens with one attached hydrogen (secondary N) is 2. The molecule has 9 heteroatoms. The fraction of sp³-hybridized carbons (Fsp3) is 0.667. The monoisotopic (exact) mass is 302 g/mol. The van der Waals surface area contributed by atoms with Gasteiger partial charge in [0.05, 0.1) is 19.8 Å². The number of nitrogens with zero attached hydrogens (tertiary/aromatic N) is 1. The van der Waals surface area contributed by atoms with Gasteiger partial charge in [-0.2, -0.15) is 0 Å². The largest absolute Gasteiger partial charge is 0.394 e. The number of aliphatic hydroxyl groups is 3. The smallest absolute Gasteiger partial charge is 0.330 e. The number of nitrogen functional groups attached to an aromatic ring is 1. The number of H-pyrrole nitrogens is 1. The van der Waals surface area contributed by atoms with E-state index in [1.54, 1.807) is 0 Å². The van der Waals surface area contributed by atoms with E-state index in [1.807, 2.05) is 6.92 Å². The first kappa shape index (κ1) is 17.2. The Bertz CT molecular complexity index is 568. The maximum atomic E-state index is 11.9. The van der Waals surface area contributed by atoms with Crippen LogP contribution >= 0.6 is 0 Å². The SMILES string of the molecule is CCCCn1c(N)c(NC(CO)(CO)CO)c(=O)[nH]c1=O. The van der Waals surface area contributed by atoms with Crippen molar-refractivity contribution in [1.29, 1.82) is 0 Å². The van der Waals surface area contributed by atoms with Gasteiger partial charge in [-0.3, -0.25) is 14.3 Å². The minimum absolute atomic E-state index is 0.100. The van der Waals surface area contributed by atoms with Gasteiger partial charge in [0.15, 0.2) is 0 Å². The second-order valence-electron chi connectivity index (χ2n) is 4.90. The summed E-state index contributed by atoms with van der Waals surface area (Å²) in [5, 5.41) is 30.4. The van der Waals surface area contributed by atoms with Gasteiger partial charge in [-0.25, -0.2) is 4.79 Å². The Morgan fingerprint density at radius 1 is 1.24 bits per heavy atom. The number of hydrogen-bond acceptors (Lipinski definition) is 7. The number of rotatable bonds is 8. The van der Waals surface area contributed by atoms with E-state index in [-0.39, 0.29) is 11.5 Å². The summed E-state index contributed by atoms with van der Waals surface area (Å²) in [6, 6.07) is 0. The van der Waals surface area contributed by atoms with Gasteiger partial charge in [-0.1, -0.05) is 13.3 Å². The van der Waals surface area contributed by atoms with E-state index < -0.39 is 36.6 Å². The molecule has 1 rings (SSSR count). The summed E-state index contributed by atoms with van der Waals surface area (Å²) in [6.07, 6.45) is 1.53. The molecule has 0 bridgehead atoms. The molecular weight excluding hydrogens is 280 g/mol. The molecule has 0 saturated heterocycles. The van der Waals surface area contributed by atoms with Crippen LogP contribution in [0.4, 0.5) is 11.5 Å². The number of aliphatic hydroxyl groups excluding tert-OH is 3. The van der Waals surface area contributed by atoms with Gasteiger partial charge in [-0.05, 0) is 6.42 Å². The van der Waals surface area contributed by atoms with E-state index in [9.17, 15) is 24.9 Å². The summed E-state index contributed by atoms with van der Waals surface area (Å²) in [6.45, 7) is 0.421. The summed E-state index contributed by atoms with van der Waals surface area (Å²) < 4.78 is 1.20. The molecule has 120 valence electrons. The second-order valence-corrected chi connectivity index (χ2v) is 4.90. The van der Waals surface area contributed by atoms with Gasteiger partial charge < -0.3 is 26.4 Å². The van der Waals surface area contributed by atoms with Crippen LogP contribution in [0.15, 0.2) is 9.59 Å². The van der Waals surface area contributed by atoms with Crippen LogP contribution in [0.1, 0.15) is 19.8 Å². The zero-order chi connectivity index (χ0) is 16.0. The Kier molecular flexibility index (Phi) is 5.94. The highest BCUT2D eigenvalue weighted by atomic mass is 16.3. The first-order chi connectivity index (χ1) is 9.94. The summed E-state index contributed by atoms with van der Waals surface area (Å²) in [5.41, 5.74) is 2.76. The van der Waals surface area contributed by atoms with Crippen molar-refractivity contribution >= 4 is 11.5 Å². The number of unbranched alkanes of at least 4 members (excludes halogenated alkanes) is 1. The molecule has 7 N–H and O–H groups in total. The lowest BCUT2D eigenvalue weighted by molar-refractivity contribution is 0.0833. The van der Waals surface area contributed by atoms with Crippen LogP contribution in [-0.2, 0) is 6.54 Å². The van der Waals surface area contributed by atoms with Crippen LogP contribution in [0, 0.1) is 0 Å². The lowest BCUT2D eigenvalue weighted by Gasteiger charge is -2.30. The third kappa shape index (κ3) is 3.63. The third-order valence-electron chi connectivity index (χ3n) is 3.27. The second kappa shape index (κ2) is 7.25. The predicted molar refractivity (Wildman–Crippen MR) is 78.3 cm³/mol. The van der Waals surface area contributed by atoms with Gasteiger partial charge in [-0.15, -0.1) is 0 Å². The van der Waals surface area contributed by atoms with E-state index in [1.165, 1.54) is 4.57 Å². The van der Waals surface area contributed by atoms with Crippen LogP contribution in [0.2, 0.25) is 0 Å². The highest BCUT2D eigenvalue weighted by Gasteiger charge is 2.30. The topological polar surface area (TPSA) is 154 Å². The molecule has 1 aromatic rings. The van der Waals surface area contributed by atoms with Crippen molar-refractivity contribution in [3.63, 3.8) is 0 Å². The molecule has 9 nitrogen and oxygen atoms in total.